The van der Waals surface area contributed by atoms with Gasteiger partial charge in [0.15, 0.2) is 0 Å². The van der Waals surface area contributed by atoms with E-state index in [0.29, 0.717) is 5.82 Å². The maximum absolute atomic E-state index is 5.93. The molecule has 0 saturated heterocycles. The van der Waals surface area contributed by atoms with E-state index in [1.54, 1.807) is 4.68 Å². The second kappa shape index (κ2) is 4.61. The standard InChI is InChI=1S/C15H19N3O/c1-10-3-6-14(19-9-11-4-5-11)12(7-10)13-8-15(16)18(2)17-13/h3,6-8,11H,4-5,9,16H2,1-2H3. The number of ether oxygens (including phenoxy) is 1. The number of nitrogen functional groups attached to an aromatic ring is 1. The minimum atomic E-state index is 0.657. The van der Waals surface area contributed by atoms with Gasteiger partial charge in [0.2, 0.25) is 0 Å². The first-order valence-electron chi connectivity index (χ1n) is 6.67. The summed E-state index contributed by atoms with van der Waals surface area (Å²) in [6, 6.07) is 8.08. The number of aryl methyl sites for hydroxylation is 2. The number of anilines is 1. The average molecular weight is 257 g/mol. The SMILES string of the molecule is Cc1ccc(OCC2CC2)c(-c2cc(N)n(C)n2)c1. The summed E-state index contributed by atoms with van der Waals surface area (Å²) >= 11 is 0. The lowest BCUT2D eigenvalue weighted by atomic mass is 10.1. The average Bonchev–Trinajstić information content (AvgIpc) is 3.14. The van der Waals surface area contributed by atoms with E-state index in [1.807, 2.05) is 19.2 Å². The number of rotatable bonds is 4. The zero-order valence-corrected chi connectivity index (χ0v) is 11.4. The Hall–Kier alpha value is -1.97. The molecule has 0 bridgehead atoms. The van der Waals surface area contributed by atoms with E-state index in [1.165, 1.54) is 18.4 Å². The lowest BCUT2D eigenvalue weighted by Gasteiger charge is -2.10. The molecule has 4 nitrogen and oxygen atoms in total. The van der Waals surface area contributed by atoms with Crippen molar-refractivity contribution in [1.82, 2.24) is 9.78 Å². The van der Waals surface area contributed by atoms with Crippen LogP contribution >= 0.6 is 0 Å². The van der Waals surface area contributed by atoms with Crippen molar-refractivity contribution in [3.8, 4) is 17.0 Å². The molecule has 100 valence electrons. The van der Waals surface area contributed by atoms with E-state index in [2.05, 4.69) is 24.2 Å². The van der Waals surface area contributed by atoms with Gasteiger partial charge in [-0.25, -0.2) is 0 Å². The third kappa shape index (κ3) is 2.57. The Kier molecular flexibility index (Phi) is 2.93. The summed E-state index contributed by atoms with van der Waals surface area (Å²) in [6.45, 7) is 2.87. The van der Waals surface area contributed by atoms with Gasteiger partial charge < -0.3 is 10.5 Å². The molecule has 0 atom stereocenters. The summed E-state index contributed by atoms with van der Waals surface area (Å²) in [5.41, 5.74) is 8.94. The van der Waals surface area contributed by atoms with Gasteiger partial charge in [0.05, 0.1) is 12.3 Å². The molecule has 0 aliphatic heterocycles. The summed E-state index contributed by atoms with van der Waals surface area (Å²) in [4.78, 5) is 0. The van der Waals surface area contributed by atoms with Crippen molar-refractivity contribution < 1.29 is 4.74 Å². The second-order valence-electron chi connectivity index (χ2n) is 5.33. The Morgan fingerprint density at radius 1 is 1.37 bits per heavy atom. The molecule has 0 amide bonds. The highest BCUT2D eigenvalue weighted by Gasteiger charge is 2.22. The molecular weight excluding hydrogens is 238 g/mol. The van der Waals surface area contributed by atoms with Crippen LogP contribution in [0.4, 0.5) is 5.82 Å². The van der Waals surface area contributed by atoms with Crippen molar-refractivity contribution in [1.29, 1.82) is 0 Å². The molecular formula is C15H19N3O. The molecule has 0 spiro atoms. The predicted molar refractivity (Wildman–Crippen MR) is 76.0 cm³/mol. The lowest BCUT2D eigenvalue weighted by molar-refractivity contribution is 0.301. The number of benzene rings is 1. The second-order valence-corrected chi connectivity index (χ2v) is 5.33. The first kappa shape index (κ1) is 12.1. The van der Waals surface area contributed by atoms with Gasteiger partial charge in [-0.2, -0.15) is 5.10 Å². The molecule has 19 heavy (non-hydrogen) atoms. The van der Waals surface area contributed by atoms with Crippen molar-refractivity contribution in [2.24, 2.45) is 13.0 Å². The van der Waals surface area contributed by atoms with Gasteiger partial charge in [0.25, 0.3) is 0 Å². The topological polar surface area (TPSA) is 53.1 Å². The quantitative estimate of drug-likeness (QED) is 0.916. The van der Waals surface area contributed by atoms with E-state index < -0.39 is 0 Å². The molecule has 1 aromatic heterocycles. The van der Waals surface area contributed by atoms with Crippen LogP contribution in [0.15, 0.2) is 24.3 Å². The van der Waals surface area contributed by atoms with Crippen LogP contribution in [0.25, 0.3) is 11.3 Å². The molecule has 1 saturated carbocycles. The predicted octanol–water partition coefficient (Wildman–Crippen LogP) is 2.77. The molecule has 0 radical (unpaired) electrons. The van der Waals surface area contributed by atoms with E-state index in [9.17, 15) is 0 Å². The Bertz CT molecular complexity index is 580. The number of aromatic nitrogens is 2. The minimum Gasteiger partial charge on any atom is -0.493 e. The largest absolute Gasteiger partial charge is 0.493 e. The summed E-state index contributed by atoms with van der Waals surface area (Å²) in [7, 11) is 1.85. The van der Waals surface area contributed by atoms with Crippen LogP contribution in [0.3, 0.4) is 0 Å². The van der Waals surface area contributed by atoms with Gasteiger partial charge in [-0.1, -0.05) is 11.6 Å². The lowest BCUT2D eigenvalue weighted by Crippen LogP contribution is -2.01. The molecule has 1 fully saturated rings. The van der Waals surface area contributed by atoms with E-state index in [4.69, 9.17) is 10.5 Å². The fraction of sp³-hybridized carbons (Fsp3) is 0.400. The zero-order valence-electron chi connectivity index (χ0n) is 11.4. The monoisotopic (exact) mass is 257 g/mol. The number of hydrogen-bond acceptors (Lipinski definition) is 3. The number of nitrogens with two attached hydrogens (primary N) is 1. The summed E-state index contributed by atoms with van der Waals surface area (Å²) in [5.74, 6) is 2.29. The Labute approximate surface area is 113 Å². The minimum absolute atomic E-state index is 0.657. The Balaban J connectivity index is 1.94. The highest BCUT2D eigenvalue weighted by atomic mass is 16.5. The van der Waals surface area contributed by atoms with Crippen LogP contribution in [0.2, 0.25) is 0 Å². The molecule has 2 aromatic rings. The van der Waals surface area contributed by atoms with Crippen molar-refractivity contribution in [3.63, 3.8) is 0 Å². The normalized spacial score (nSPS) is 14.6. The molecule has 1 heterocycles. The van der Waals surface area contributed by atoms with E-state index in [0.717, 1.165) is 29.5 Å². The number of nitrogens with zero attached hydrogens (tertiary/aromatic N) is 2. The van der Waals surface area contributed by atoms with Crippen LogP contribution in [0.1, 0.15) is 18.4 Å². The molecule has 1 aliphatic rings. The van der Waals surface area contributed by atoms with Crippen LogP contribution in [-0.2, 0) is 7.05 Å². The zero-order chi connectivity index (χ0) is 13.4. The summed E-state index contributed by atoms with van der Waals surface area (Å²) in [5, 5.41) is 4.44. The third-order valence-electron chi connectivity index (χ3n) is 3.50. The van der Waals surface area contributed by atoms with E-state index >= 15 is 0 Å². The Morgan fingerprint density at radius 2 is 2.16 bits per heavy atom. The van der Waals surface area contributed by atoms with Gasteiger partial charge in [0.1, 0.15) is 11.6 Å². The van der Waals surface area contributed by atoms with Crippen LogP contribution in [0, 0.1) is 12.8 Å². The van der Waals surface area contributed by atoms with Gasteiger partial charge in [-0.05, 0) is 37.8 Å². The van der Waals surface area contributed by atoms with Gasteiger partial charge >= 0.3 is 0 Å². The maximum Gasteiger partial charge on any atom is 0.128 e. The van der Waals surface area contributed by atoms with Crippen molar-refractivity contribution in [2.75, 3.05) is 12.3 Å². The fourth-order valence-corrected chi connectivity index (χ4v) is 2.08. The molecule has 2 N–H and O–H groups in total. The molecule has 1 aliphatic carbocycles. The van der Waals surface area contributed by atoms with Crippen molar-refractivity contribution >= 4 is 5.82 Å². The van der Waals surface area contributed by atoms with Crippen molar-refractivity contribution in [3.05, 3.63) is 29.8 Å². The molecule has 4 heteroatoms. The van der Waals surface area contributed by atoms with Crippen LogP contribution in [-0.4, -0.2) is 16.4 Å². The van der Waals surface area contributed by atoms with Crippen LogP contribution in [0.5, 0.6) is 5.75 Å². The number of hydrogen-bond donors (Lipinski definition) is 1. The van der Waals surface area contributed by atoms with Crippen LogP contribution < -0.4 is 10.5 Å². The van der Waals surface area contributed by atoms with E-state index in [-0.39, 0.29) is 0 Å². The highest BCUT2D eigenvalue weighted by Crippen LogP contribution is 2.34. The Morgan fingerprint density at radius 3 is 2.79 bits per heavy atom. The molecule has 0 unspecified atom stereocenters. The summed E-state index contributed by atoms with van der Waals surface area (Å²) in [6.07, 6.45) is 2.58. The van der Waals surface area contributed by atoms with Gasteiger partial charge in [-0.15, -0.1) is 0 Å². The maximum atomic E-state index is 5.93. The third-order valence-corrected chi connectivity index (χ3v) is 3.50. The highest BCUT2D eigenvalue weighted by molar-refractivity contribution is 5.70. The smallest absolute Gasteiger partial charge is 0.128 e. The first-order valence-corrected chi connectivity index (χ1v) is 6.67. The first-order chi connectivity index (χ1) is 9.13. The summed E-state index contributed by atoms with van der Waals surface area (Å²) < 4.78 is 7.61. The van der Waals surface area contributed by atoms with Gasteiger partial charge in [0, 0.05) is 18.7 Å². The molecule has 1 aromatic carbocycles. The fourth-order valence-electron chi connectivity index (χ4n) is 2.08. The molecule has 3 rings (SSSR count). The van der Waals surface area contributed by atoms with Gasteiger partial charge in [-0.3, -0.25) is 4.68 Å². The van der Waals surface area contributed by atoms with Crippen molar-refractivity contribution in [2.45, 2.75) is 19.8 Å².